The number of nitrogens with one attached hydrogen (secondary N) is 1. The fourth-order valence-corrected chi connectivity index (χ4v) is 1.27. The standard InChI is InChI=1S/C10H12N2O4/c1-5(13)12-6-3-4-7(16-2)8(9(6)14)10(11)15/h3-4,14H,1-2H3,(H2,11,15)(H,12,13). The highest BCUT2D eigenvalue weighted by Crippen LogP contribution is 2.34. The first-order valence-corrected chi connectivity index (χ1v) is 4.44. The Hall–Kier alpha value is -2.24. The molecular weight excluding hydrogens is 212 g/mol. The first-order chi connectivity index (χ1) is 7.47. The van der Waals surface area contributed by atoms with Gasteiger partial charge in [-0.1, -0.05) is 0 Å². The summed E-state index contributed by atoms with van der Waals surface area (Å²) >= 11 is 0. The zero-order valence-electron chi connectivity index (χ0n) is 8.90. The minimum Gasteiger partial charge on any atom is -0.505 e. The second kappa shape index (κ2) is 4.52. The number of methoxy groups -OCH3 is 1. The van der Waals surface area contributed by atoms with E-state index in [4.69, 9.17) is 10.5 Å². The summed E-state index contributed by atoms with van der Waals surface area (Å²) in [6, 6.07) is 2.85. The lowest BCUT2D eigenvalue weighted by molar-refractivity contribution is -0.114. The number of amides is 2. The average Bonchev–Trinajstić information content (AvgIpc) is 2.19. The second-order valence-electron chi connectivity index (χ2n) is 3.08. The fourth-order valence-electron chi connectivity index (χ4n) is 1.27. The molecule has 0 heterocycles. The van der Waals surface area contributed by atoms with Crippen molar-refractivity contribution >= 4 is 17.5 Å². The Bertz CT molecular complexity index is 443. The molecule has 0 spiro atoms. The van der Waals surface area contributed by atoms with Crippen LogP contribution in [0.5, 0.6) is 11.5 Å². The van der Waals surface area contributed by atoms with E-state index in [0.717, 1.165) is 0 Å². The van der Waals surface area contributed by atoms with E-state index >= 15 is 0 Å². The molecule has 1 rings (SSSR count). The van der Waals surface area contributed by atoms with Crippen LogP contribution in [0, 0.1) is 0 Å². The third-order valence-corrected chi connectivity index (χ3v) is 1.92. The van der Waals surface area contributed by atoms with Gasteiger partial charge < -0.3 is 20.9 Å². The van der Waals surface area contributed by atoms with Gasteiger partial charge in [0, 0.05) is 6.92 Å². The van der Waals surface area contributed by atoms with Crippen molar-refractivity contribution in [1.82, 2.24) is 0 Å². The Labute approximate surface area is 92.0 Å². The maximum atomic E-state index is 11.1. The number of rotatable bonds is 3. The Morgan fingerprint density at radius 1 is 1.44 bits per heavy atom. The van der Waals surface area contributed by atoms with E-state index in [1.54, 1.807) is 0 Å². The van der Waals surface area contributed by atoms with Gasteiger partial charge in [0.25, 0.3) is 5.91 Å². The third kappa shape index (κ3) is 2.22. The number of ether oxygens (including phenoxy) is 1. The van der Waals surface area contributed by atoms with Gasteiger partial charge in [-0.2, -0.15) is 0 Å². The molecule has 6 nitrogen and oxygen atoms in total. The summed E-state index contributed by atoms with van der Waals surface area (Å²) in [5.41, 5.74) is 5.05. The van der Waals surface area contributed by atoms with Gasteiger partial charge >= 0.3 is 0 Å². The summed E-state index contributed by atoms with van der Waals surface area (Å²) in [5.74, 6) is -1.45. The van der Waals surface area contributed by atoms with Crippen molar-refractivity contribution in [2.75, 3.05) is 12.4 Å². The van der Waals surface area contributed by atoms with Crippen LogP contribution < -0.4 is 15.8 Å². The minimum absolute atomic E-state index is 0.113. The molecule has 1 aromatic rings. The number of primary amides is 1. The fraction of sp³-hybridized carbons (Fsp3) is 0.200. The molecule has 0 unspecified atom stereocenters. The van der Waals surface area contributed by atoms with E-state index in [1.807, 2.05) is 0 Å². The number of anilines is 1. The number of aromatic hydroxyl groups is 1. The van der Waals surface area contributed by atoms with Crippen molar-refractivity contribution in [3.8, 4) is 11.5 Å². The molecule has 0 bridgehead atoms. The maximum Gasteiger partial charge on any atom is 0.256 e. The lowest BCUT2D eigenvalue weighted by Crippen LogP contribution is -2.14. The van der Waals surface area contributed by atoms with Crippen molar-refractivity contribution in [3.05, 3.63) is 17.7 Å². The van der Waals surface area contributed by atoms with Crippen molar-refractivity contribution in [2.24, 2.45) is 5.73 Å². The van der Waals surface area contributed by atoms with Crippen molar-refractivity contribution in [2.45, 2.75) is 6.92 Å². The highest BCUT2D eigenvalue weighted by Gasteiger charge is 2.18. The number of hydrogen-bond donors (Lipinski definition) is 3. The van der Waals surface area contributed by atoms with Crippen molar-refractivity contribution in [1.29, 1.82) is 0 Å². The Morgan fingerprint density at radius 2 is 2.06 bits per heavy atom. The molecule has 86 valence electrons. The molecule has 0 radical (unpaired) electrons. The Kier molecular flexibility index (Phi) is 3.34. The molecule has 6 heteroatoms. The summed E-state index contributed by atoms with van der Waals surface area (Å²) in [7, 11) is 1.35. The number of phenols is 1. The van der Waals surface area contributed by atoms with Crippen molar-refractivity contribution < 1.29 is 19.4 Å². The molecule has 16 heavy (non-hydrogen) atoms. The number of hydrogen-bond acceptors (Lipinski definition) is 4. The quantitative estimate of drug-likeness (QED) is 0.649. The smallest absolute Gasteiger partial charge is 0.256 e. The van der Waals surface area contributed by atoms with Gasteiger partial charge in [0.05, 0.1) is 12.8 Å². The van der Waals surface area contributed by atoms with E-state index in [1.165, 1.54) is 26.2 Å². The topological polar surface area (TPSA) is 102 Å². The van der Waals surface area contributed by atoms with Gasteiger partial charge in [-0.15, -0.1) is 0 Å². The monoisotopic (exact) mass is 224 g/mol. The van der Waals surface area contributed by atoms with Crippen LogP contribution in [-0.4, -0.2) is 24.0 Å². The Morgan fingerprint density at radius 3 is 2.50 bits per heavy atom. The summed E-state index contributed by atoms with van der Waals surface area (Å²) < 4.78 is 4.87. The summed E-state index contributed by atoms with van der Waals surface area (Å²) in [4.78, 5) is 21.9. The van der Waals surface area contributed by atoms with Gasteiger partial charge in [0.15, 0.2) is 5.75 Å². The molecule has 0 fully saturated rings. The van der Waals surface area contributed by atoms with E-state index < -0.39 is 11.7 Å². The Balaban J connectivity index is 3.31. The van der Waals surface area contributed by atoms with Gasteiger partial charge in [-0.05, 0) is 12.1 Å². The van der Waals surface area contributed by atoms with Crippen LogP contribution in [-0.2, 0) is 4.79 Å². The highest BCUT2D eigenvalue weighted by atomic mass is 16.5. The van der Waals surface area contributed by atoms with Gasteiger partial charge in [0.2, 0.25) is 5.91 Å². The summed E-state index contributed by atoms with van der Waals surface area (Å²) in [6.45, 7) is 1.29. The molecule has 0 aliphatic rings. The van der Waals surface area contributed by atoms with Crippen LogP contribution in [0.4, 0.5) is 5.69 Å². The van der Waals surface area contributed by atoms with Crippen LogP contribution in [0.3, 0.4) is 0 Å². The first-order valence-electron chi connectivity index (χ1n) is 4.44. The lowest BCUT2D eigenvalue weighted by Gasteiger charge is -2.11. The van der Waals surface area contributed by atoms with Gasteiger partial charge in [-0.25, -0.2) is 0 Å². The number of nitrogens with two attached hydrogens (primary N) is 1. The lowest BCUT2D eigenvalue weighted by atomic mass is 10.1. The van der Waals surface area contributed by atoms with Crippen LogP contribution in [0.2, 0.25) is 0 Å². The highest BCUT2D eigenvalue weighted by molar-refractivity contribution is 6.02. The molecule has 1 aromatic carbocycles. The van der Waals surface area contributed by atoms with Crippen LogP contribution in [0.15, 0.2) is 12.1 Å². The van der Waals surface area contributed by atoms with E-state index in [2.05, 4.69) is 5.32 Å². The number of carbonyl (C=O) groups is 2. The molecule has 0 aromatic heterocycles. The number of benzene rings is 1. The second-order valence-corrected chi connectivity index (χ2v) is 3.08. The maximum absolute atomic E-state index is 11.1. The van der Waals surface area contributed by atoms with E-state index in [9.17, 15) is 14.7 Å². The molecule has 0 aliphatic heterocycles. The molecule has 0 saturated carbocycles. The molecule has 2 amide bonds. The normalized spacial score (nSPS) is 9.62. The molecule has 0 saturated heterocycles. The van der Waals surface area contributed by atoms with Crippen LogP contribution in [0.25, 0.3) is 0 Å². The summed E-state index contributed by atoms with van der Waals surface area (Å²) in [5, 5.41) is 12.1. The third-order valence-electron chi connectivity index (χ3n) is 1.92. The van der Waals surface area contributed by atoms with Gasteiger partial charge in [0.1, 0.15) is 11.3 Å². The van der Waals surface area contributed by atoms with E-state index in [0.29, 0.717) is 0 Å². The first kappa shape index (κ1) is 11.8. The zero-order chi connectivity index (χ0) is 12.3. The van der Waals surface area contributed by atoms with Gasteiger partial charge in [-0.3, -0.25) is 9.59 Å². The predicted molar refractivity (Wildman–Crippen MR) is 57.5 cm³/mol. The summed E-state index contributed by atoms with van der Waals surface area (Å²) in [6.07, 6.45) is 0. The zero-order valence-corrected chi connectivity index (χ0v) is 8.90. The largest absolute Gasteiger partial charge is 0.505 e. The minimum atomic E-state index is -0.832. The molecule has 4 N–H and O–H groups in total. The molecular formula is C10H12N2O4. The molecule has 0 atom stereocenters. The van der Waals surface area contributed by atoms with Crippen LogP contribution >= 0.6 is 0 Å². The average molecular weight is 224 g/mol. The van der Waals surface area contributed by atoms with Crippen molar-refractivity contribution in [3.63, 3.8) is 0 Å². The molecule has 0 aliphatic carbocycles. The predicted octanol–water partition coefficient (Wildman–Crippen LogP) is 0.458. The SMILES string of the molecule is COc1ccc(NC(C)=O)c(O)c1C(N)=O. The number of carbonyl (C=O) groups excluding carboxylic acids is 2. The van der Waals surface area contributed by atoms with Crippen LogP contribution in [0.1, 0.15) is 17.3 Å². The van der Waals surface area contributed by atoms with E-state index in [-0.39, 0.29) is 22.9 Å².